The highest BCUT2D eigenvalue weighted by Crippen LogP contribution is 2.19. The molecule has 0 fully saturated rings. The molecule has 0 unspecified atom stereocenters. The molecule has 0 saturated carbocycles. The number of benzene rings is 1. The predicted molar refractivity (Wildman–Crippen MR) is 79.7 cm³/mol. The predicted octanol–water partition coefficient (Wildman–Crippen LogP) is 1.04. The highest BCUT2D eigenvalue weighted by molar-refractivity contribution is 7.92. The second-order valence-corrected chi connectivity index (χ2v) is 5.97. The number of nitrogens with zero attached hydrogens (tertiary/aromatic N) is 2. The normalized spacial score (nSPS) is 11.3. The van der Waals surface area contributed by atoms with Crippen LogP contribution in [0.3, 0.4) is 0 Å². The summed E-state index contributed by atoms with van der Waals surface area (Å²) in [7, 11) is -3.65. The van der Waals surface area contributed by atoms with Crippen molar-refractivity contribution in [2.45, 2.75) is 18.4 Å². The molecule has 8 heteroatoms. The minimum atomic E-state index is -3.65. The Hall–Kier alpha value is -2.06. The number of nitrogens with one attached hydrogen (secondary N) is 1. The number of anilines is 1. The van der Waals surface area contributed by atoms with Crippen LogP contribution >= 0.6 is 0 Å². The molecule has 2 aromatic rings. The van der Waals surface area contributed by atoms with E-state index in [0.29, 0.717) is 31.1 Å². The Morgan fingerprint density at radius 2 is 2.05 bits per heavy atom. The molecule has 0 spiro atoms. The van der Waals surface area contributed by atoms with E-state index in [0.717, 1.165) is 0 Å². The smallest absolute Gasteiger partial charge is 0.265 e. The van der Waals surface area contributed by atoms with E-state index in [-0.39, 0.29) is 4.90 Å². The number of nitrogens with two attached hydrogens (primary N) is 1. The number of hydrogen-bond acceptors (Lipinski definition) is 5. The summed E-state index contributed by atoms with van der Waals surface area (Å²) in [5, 5.41) is 3.95. The van der Waals surface area contributed by atoms with Gasteiger partial charge >= 0.3 is 0 Å². The number of rotatable bonds is 7. The van der Waals surface area contributed by atoms with Gasteiger partial charge < -0.3 is 10.5 Å². The fourth-order valence-corrected chi connectivity index (χ4v) is 2.75. The second-order valence-electron chi connectivity index (χ2n) is 4.29. The van der Waals surface area contributed by atoms with Crippen LogP contribution in [-0.4, -0.2) is 31.3 Å². The molecule has 21 heavy (non-hydrogen) atoms. The van der Waals surface area contributed by atoms with Crippen molar-refractivity contribution in [2.75, 3.05) is 17.9 Å². The Balaban J connectivity index is 2.12. The maximum absolute atomic E-state index is 12.2. The average Bonchev–Trinajstić information content (AvgIpc) is 2.91. The van der Waals surface area contributed by atoms with Crippen LogP contribution in [0.2, 0.25) is 0 Å². The van der Waals surface area contributed by atoms with Gasteiger partial charge in [-0.2, -0.15) is 5.10 Å². The number of ether oxygens (including phenoxy) is 1. The molecule has 3 N–H and O–H groups in total. The summed E-state index contributed by atoms with van der Waals surface area (Å²) in [6, 6.07) is 6.71. The van der Waals surface area contributed by atoms with Crippen LogP contribution in [-0.2, 0) is 16.6 Å². The number of sulfonamides is 1. The number of hydrogen-bond donors (Lipinski definition) is 2. The van der Waals surface area contributed by atoms with Gasteiger partial charge in [0.25, 0.3) is 10.0 Å². The van der Waals surface area contributed by atoms with E-state index in [1.165, 1.54) is 17.1 Å². The van der Waals surface area contributed by atoms with Gasteiger partial charge in [-0.05, 0) is 31.2 Å². The monoisotopic (exact) mass is 310 g/mol. The molecule has 0 aliphatic rings. The van der Waals surface area contributed by atoms with Gasteiger partial charge in [0, 0.05) is 18.4 Å². The van der Waals surface area contributed by atoms with Crippen molar-refractivity contribution < 1.29 is 13.2 Å². The van der Waals surface area contributed by atoms with Crippen molar-refractivity contribution in [2.24, 2.45) is 5.73 Å². The zero-order chi connectivity index (χ0) is 15.3. The van der Waals surface area contributed by atoms with Gasteiger partial charge in [-0.1, -0.05) is 0 Å². The third kappa shape index (κ3) is 3.96. The Morgan fingerprint density at radius 3 is 2.67 bits per heavy atom. The van der Waals surface area contributed by atoms with E-state index >= 15 is 0 Å². The molecule has 2 rings (SSSR count). The molecule has 0 amide bonds. The van der Waals surface area contributed by atoms with Crippen molar-refractivity contribution in [3.8, 4) is 5.75 Å². The van der Waals surface area contributed by atoms with Crippen molar-refractivity contribution in [1.29, 1.82) is 0 Å². The minimum absolute atomic E-state index is 0.102. The van der Waals surface area contributed by atoms with E-state index in [9.17, 15) is 8.42 Å². The van der Waals surface area contributed by atoms with Crippen LogP contribution < -0.4 is 15.2 Å². The Labute approximate surface area is 123 Å². The van der Waals surface area contributed by atoms with Gasteiger partial charge in [-0.25, -0.2) is 8.42 Å². The van der Waals surface area contributed by atoms with Crippen LogP contribution in [0.5, 0.6) is 5.75 Å². The van der Waals surface area contributed by atoms with Crippen LogP contribution in [0.1, 0.15) is 6.92 Å². The molecule has 0 aliphatic heterocycles. The first-order chi connectivity index (χ1) is 10.0. The molecule has 0 atom stereocenters. The Kier molecular flexibility index (Phi) is 4.81. The summed E-state index contributed by atoms with van der Waals surface area (Å²) < 4.78 is 33.7. The standard InChI is InChI=1S/C13H18N4O3S/c1-2-20-12-5-3-11(4-6-12)16-21(18,19)13-9-15-17(10-13)8-7-14/h3-6,9-10,16H,2,7-8,14H2,1H3. The maximum Gasteiger partial charge on any atom is 0.265 e. The molecule has 0 saturated heterocycles. The first-order valence-electron chi connectivity index (χ1n) is 6.53. The van der Waals surface area contributed by atoms with E-state index in [1.807, 2.05) is 6.92 Å². The number of aromatic nitrogens is 2. The van der Waals surface area contributed by atoms with E-state index in [4.69, 9.17) is 10.5 Å². The van der Waals surface area contributed by atoms with Gasteiger partial charge in [-0.3, -0.25) is 9.40 Å². The highest BCUT2D eigenvalue weighted by atomic mass is 32.2. The van der Waals surface area contributed by atoms with Crippen LogP contribution in [0, 0.1) is 0 Å². The quantitative estimate of drug-likeness (QED) is 0.796. The zero-order valence-corrected chi connectivity index (χ0v) is 12.5. The first-order valence-corrected chi connectivity index (χ1v) is 8.01. The van der Waals surface area contributed by atoms with E-state index in [1.54, 1.807) is 24.3 Å². The summed E-state index contributed by atoms with van der Waals surface area (Å²) in [5.74, 6) is 0.691. The molecule has 0 radical (unpaired) electrons. The van der Waals surface area contributed by atoms with Gasteiger partial charge in [0.2, 0.25) is 0 Å². The van der Waals surface area contributed by atoms with Crippen molar-refractivity contribution in [1.82, 2.24) is 9.78 Å². The molecule has 1 aromatic heterocycles. The summed E-state index contributed by atoms with van der Waals surface area (Å²) in [5.41, 5.74) is 5.87. The van der Waals surface area contributed by atoms with Crippen LogP contribution in [0.4, 0.5) is 5.69 Å². The van der Waals surface area contributed by atoms with E-state index < -0.39 is 10.0 Å². The van der Waals surface area contributed by atoms with Gasteiger partial charge in [0.1, 0.15) is 10.6 Å². The Morgan fingerprint density at radius 1 is 1.33 bits per heavy atom. The molecule has 7 nitrogen and oxygen atoms in total. The van der Waals surface area contributed by atoms with Crippen molar-refractivity contribution >= 4 is 15.7 Å². The summed E-state index contributed by atoms with van der Waals surface area (Å²) >= 11 is 0. The van der Waals surface area contributed by atoms with E-state index in [2.05, 4.69) is 9.82 Å². The topological polar surface area (TPSA) is 99.2 Å². The molecule has 0 aliphatic carbocycles. The molecule has 114 valence electrons. The van der Waals surface area contributed by atoms with Crippen molar-refractivity contribution in [3.05, 3.63) is 36.7 Å². The van der Waals surface area contributed by atoms with Gasteiger partial charge in [0.15, 0.2) is 0 Å². The lowest BCUT2D eigenvalue weighted by Gasteiger charge is -2.07. The molecule has 1 aromatic carbocycles. The van der Waals surface area contributed by atoms with Crippen LogP contribution in [0.25, 0.3) is 0 Å². The first kappa shape index (κ1) is 15.3. The third-order valence-corrected chi connectivity index (χ3v) is 4.03. The van der Waals surface area contributed by atoms with Crippen LogP contribution in [0.15, 0.2) is 41.6 Å². The SMILES string of the molecule is CCOc1ccc(NS(=O)(=O)c2cnn(CCN)c2)cc1. The van der Waals surface area contributed by atoms with Gasteiger partial charge in [0.05, 0.1) is 19.3 Å². The summed E-state index contributed by atoms with van der Waals surface area (Å²) in [6.45, 7) is 3.31. The summed E-state index contributed by atoms with van der Waals surface area (Å²) in [4.78, 5) is 0.102. The lowest BCUT2D eigenvalue weighted by atomic mass is 10.3. The van der Waals surface area contributed by atoms with Gasteiger partial charge in [-0.15, -0.1) is 0 Å². The fourth-order valence-electron chi connectivity index (χ4n) is 1.74. The third-order valence-electron chi connectivity index (χ3n) is 2.70. The largest absolute Gasteiger partial charge is 0.494 e. The minimum Gasteiger partial charge on any atom is -0.494 e. The second kappa shape index (κ2) is 6.59. The lowest BCUT2D eigenvalue weighted by molar-refractivity contribution is 0.340. The summed E-state index contributed by atoms with van der Waals surface area (Å²) in [6.07, 6.45) is 2.75. The molecular weight excluding hydrogens is 292 g/mol. The molecule has 0 bridgehead atoms. The fraction of sp³-hybridized carbons (Fsp3) is 0.308. The molecular formula is C13H18N4O3S. The maximum atomic E-state index is 12.2. The average molecular weight is 310 g/mol. The lowest BCUT2D eigenvalue weighted by Crippen LogP contribution is -2.13. The molecule has 1 heterocycles. The zero-order valence-electron chi connectivity index (χ0n) is 11.7. The highest BCUT2D eigenvalue weighted by Gasteiger charge is 2.16. The van der Waals surface area contributed by atoms with Crippen molar-refractivity contribution in [3.63, 3.8) is 0 Å². The Bertz CT molecular complexity index is 680.